The Kier molecular flexibility index (Phi) is 1.66. The van der Waals surface area contributed by atoms with E-state index in [2.05, 4.69) is 6.29 Å². The highest BCUT2D eigenvalue weighted by Gasteiger charge is 2.29. The van der Waals surface area contributed by atoms with Gasteiger partial charge in [0.25, 0.3) is 0 Å². The molecule has 1 nitrogen and oxygen atoms in total. The van der Waals surface area contributed by atoms with Crippen LogP contribution >= 0.6 is 0 Å². The van der Waals surface area contributed by atoms with Gasteiger partial charge in [0.1, 0.15) is 0 Å². The molecule has 8 heavy (non-hydrogen) atoms. The number of hydrogen-bond acceptors (Lipinski definition) is 1. The van der Waals surface area contributed by atoms with Crippen molar-refractivity contribution in [3.05, 3.63) is 0 Å². The van der Waals surface area contributed by atoms with Crippen LogP contribution in [0.15, 0.2) is 0 Å². The van der Waals surface area contributed by atoms with E-state index in [1.807, 2.05) is 6.92 Å². The van der Waals surface area contributed by atoms with Gasteiger partial charge in [-0.05, 0) is 25.2 Å². The molecule has 1 saturated carbocycles. The molecule has 0 spiro atoms. The lowest BCUT2D eigenvalue weighted by Gasteiger charge is -1.99. The van der Waals surface area contributed by atoms with E-state index < -0.39 is 0 Å². The van der Waals surface area contributed by atoms with E-state index in [1.54, 1.807) is 0 Å². The van der Waals surface area contributed by atoms with Gasteiger partial charge in [0.2, 0.25) is 6.29 Å². The van der Waals surface area contributed by atoms with Crippen molar-refractivity contribution in [1.29, 1.82) is 0 Å². The standard InChI is InChI=1S/C7H11O/c1-2-6(5-8)7-3-4-7/h6-7H,2-4H2,1H3. The lowest BCUT2D eigenvalue weighted by atomic mass is 10.0. The normalized spacial score (nSPS) is 22.6. The fourth-order valence-corrected chi connectivity index (χ4v) is 1.01. The van der Waals surface area contributed by atoms with Crippen molar-refractivity contribution >= 4 is 6.29 Å². The van der Waals surface area contributed by atoms with Crippen LogP contribution < -0.4 is 0 Å². The van der Waals surface area contributed by atoms with Crippen molar-refractivity contribution < 1.29 is 4.79 Å². The Morgan fingerprint density at radius 2 is 2.38 bits per heavy atom. The van der Waals surface area contributed by atoms with Gasteiger partial charge in [0, 0.05) is 5.92 Å². The summed E-state index contributed by atoms with van der Waals surface area (Å²) in [6.07, 6.45) is 5.56. The van der Waals surface area contributed by atoms with Crippen LogP contribution in [0, 0.1) is 11.8 Å². The van der Waals surface area contributed by atoms with E-state index in [9.17, 15) is 4.79 Å². The second-order valence-electron chi connectivity index (χ2n) is 2.47. The molecular weight excluding hydrogens is 100 g/mol. The summed E-state index contributed by atoms with van der Waals surface area (Å²) in [6.45, 7) is 2.05. The molecular formula is C7H11O. The van der Waals surface area contributed by atoms with Crippen LogP contribution in [0.4, 0.5) is 0 Å². The van der Waals surface area contributed by atoms with Gasteiger partial charge >= 0.3 is 0 Å². The molecule has 1 rings (SSSR count). The zero-order valence-electron chi connectivity index (χ0n) is 5.18. The first kappa shape index (κ1) is 5.80. The molecule has 1 radical (unpaired) electrons. The van der Waals surface area contributed by atoms with Crippen LogP contribution in [-0.4, -0.2) is 6.29 Å². The van der Waals surface area contributed by atoms with Crippen molar-refractivity contribution in [3.63, 3.8) is 0 Å². The molecule has 1 fully saturated rings. The van der Waals surface area contributed by atoms with Crippen LogP contribution in [0.3, 0.4) is 0 Å². The summed E-state index contributed by atoms with van der Waals surface area (Å²) in [5.41, 5.74) is 0. The van der Waals surface area contributed by atoms with Crippen molar-refractivity contribution in [2.45, 2.75) is 26.2 Å². The van der Waals surface area contributed by atoms with Gasteiger partial charge in [-0.1, -0.05) is 6.92 Å². The Morgan fingerprint density at radius 1 is 1.75 bits per heavy atom. The van der Waals surface area contributed by atoms with Crippen LogP contribution in [0.25, 0.3) is 0 Å². The molecule has 1 aliphatic carbocycles. The maximum absolute atomic E-state index is 10.1. The number of carbonyl (C=O) groups excluding carboxylic acids is 1. The van der Waals surface area contributed by atoms with E-state index in [0.717, 1.165) is 6.42 Å². The van der Waals surface area contributed by atoms with Crippen LogP contribution in [-0.2, 0) is 4.79 Å². The molecule has 0 saturated heterocycles. The Bertz CT molecular complexity index is 84.4. The predicted molar refractivity (Wildman–Crippen MR) is 32.2 cm³/mol. The van der Waals surface area contributed by atoms with E-state index in [1.165, 1.54) is 12.8 Å². The highest BCUT2D eigenvalue weighted by Crippen LogP contribution is 2.37. The molecule has 0 heterocycles. The van der Waals surface area contributed by atoms with Gasteiger partial charge in [0.15, 0.2) is 0 Å². The van der Waals surface area contributed by atoms with Crippen LogP contribution in [0.2, 0.25) is 0 Å². The minimum absolute atomic E-state index is 0.259. The second kappa shape index (κ2) is 2.29. The first-order valence-electron chi connectivity index (χ1n) is 3.26. The number of rotatable bonds is 3. The molecule has 0 aliphatic heterocycles. The predicted octanol–water partition coefficient (Wildman–Crippen LogP) is 1.53. The van der Waals surface area contributed by atoms with E-state index in [4.69, 9.17) is 0 Å². The molecule has 45 valence electrons. The molecule has 1 heteroatoms. The molecule has 0 aromatic carbocycles. The van der Waals surface area contributed by atoms with Crippen LogP contribution in [0.1, 0.15) is 26.2 Å². The second-order valence-corrected chi connectivity index (χ2v) is 2.47. The first-order valence-corrected chi connectivity index (χ1v) is 3.26. The third kappa shape index (κ3) is 1.09. The van der Waals surface area contributed by atoms with Gasteiger partial charge in [-0.3, -0.25) is 4.79 Å². The summed E-state index contributed by atoms with van der Waals surface area (Å²) in [7, 11) is 0. The maximum atomic E-state index is 10.1. The first-order chi connectivity index (χ1) is 3.88. The summed E-state index contributed by atoms with van der Waals surface area (Å²) in [5, 5.41) is 0. The Balaban J connectivity index is 2.25. The fraction of sp³-hybridized carbons (Fsp3) is 0.857. The van der Waals surface area contributed by atoms with Crippen LogP contribution in [0.5, 0.6) is 0 Å². The molecule has 0 aromatic heterocycles. The minimum Gasteiger partial charge on any atom is -0.291 e. The summed E-state index contributed by atoms with van der Waals surface area (Å²) in [6, 6.07) is 0. The average molecular weight is 111 g/mol. The zero-order valence-corrected chi connectivity index (χ0v) is 5.18. The van der Waals surface area contributed by atoms with Crippen molar-refractivity contribution in [2.24, 2.45) is 11.8 Å². The molecule has 1 unspecified atom stereocenters. The number of hydrogen-bond donors (Lipinski definition) is 0. The highest BCUT2D eigenvalue weighted by molar-refractivity contribution is 5.55. The largest absolute Gasteiger partial charge is 0.291 e. The quantitative estimate of drug-likeness (QED) is 0.539. The molecule has 0 bridgehead atoms. The molecule has 0 aromatic rings. The summed E-state index contributed by atoms with van der Waals surface area (Å²) in [4.78, 5) is 10.1. The Hall–Kier alpha value is -0.330. The van der Waals surface area contributed by atoms with Crippen molar-refractivity contribution in [1.82, 2.24) is 0 Å². The Morgan fingerprint density at radius 3 is 2.50 bits per heavy atom. The van der Waals surface area contributed by atoms with Gasteiger partial charge in [-0.2, -0.15) is 0 Å². The van der Waals surface area contributed by atoms with Crippen molar-refractivity contribution in [3.8, 4) is 0 Å². The van der Waals surface area contributed by atoms with Crippen molar-refractivity contribution in [2.75, 3.05) is 0 Å². The summed E-state index contributed by atoms with van der Waals surface area (Å²) < 4.78 is 0. The smallest absolute Gasteiger partial charge is 0.202 e. The highest BCUT2D eigenvalue weighted by atomic mass is 16.1. The topological polar surface area (TPSA) is 17.1 Å². The van der Waals surface area contributed by atoms with Gasteiger partial charge in [-0.25, -0.2) is 0 Å². The van der Waals surface area contributed by atoms with Gasteiger partial charge in [-0.15, -0.1) is 0 Å². The maximum Gasteiger partial charge on any atom is 0.202 e. The van der Waals surface area contributed by atoms with Gasteiger partial charge < -0.3 is 0 Å². The molecule has 1 atom stereocenters. The van der Waals surface area contributed by atoms with E-state index >= 15 is 0 Å². The zero-order chi connectivity index (χ0) is 5.98. The monoisotopic (exact) mass is 111 g/mol. The molecule has 0 amide bonds. The third-order valence-corrected chi connectivity index (χ3v) is 1.78. The lowest BCUT2D eigenvalue weighted by molar-refractivity contribution is 0.490. The lowest BCUT2D eigenvalue weighted by Crippen LogP contribution is -2.01. The summed E-state index contributed by atoms with van der Waals surface area (Å²) in [5.74, 6) is 0.965. The minimum atomic E-state index is 0.259. The fourth-order valence-electron chi connectivity index (χ4n) is 1.01. The molecule has 1 aliphatic rings. The van der Waals surface area contributed by atoms with Gasteiger partial charge in [0.05, 0.1) is 0 Å². The van der Waals surface area contributed by atoms with E-state index in [-0.39, 0.29) is 5.92 Å². The third-order valence-electron chi connectivity index (χ3n) is 1.78. The SMILES string of the molecule is CCC([C]=O)C1CC1. The Labute approximate surface area is 50.1 Å². The summed E-state index contributed by atoms with van der Waals surface area (Å²) >= 11 is 0. The molecule has 0 N–H and O–H groups in total. The average Bonchev–Trinajstić information content (AvgIpc) is 2.53. The van der Waals surface area contributed by atoms with E-state index in [0.29, 0.717) is 5.92 Å².